The molecule has 0 bridgehead atoms. The van der Waals surface area contributed by atoms with E-state index >= 15 is 0 Å². The molecule has 1 heterocycles. The Hall–Kier alpha value is -2.04. The van der Waals surface area contributed by atoms with Crippen molar-refractivity contribution in [1.29, 1.82) is 0 Å². The Kier molecular flexibility index (Phi) is 2.29. The Bertz CT molecular complexity index is 461. The predicted octanol–water partition coefficient (Wildman–Crippen LogP) is 1.64. The Balaban J connectivity index is 2.48. The Labute approximate surface area is 86.5 Å². The van der Waals surface area contributed by atoms with Crippen molar-refractivity contribution in [3.05, 3.63) is 36.1 Å². The van der Waals surface area contributed by atoms with Gasteiger partial charge in [-0.05, 0) is 24.3 Å². The lowest BCUT2D eigenvalue weighted by molar-refractivity contribution is 0.627. The van der Waals surface area contributed by atoms with Gasteiger partial charge in [0.25, 0.3) is 0 Å². The lowest BCUT2D eigenvalue weighted by atomic mass is 10.3. The largest absolute Gasteiger partial charge is 0.382 e. The average molecular weight is 206 g/mol. The summed E-state index contributed by atoms with van der Waals surface area (Å²) in [6, 6.07) is 7.76. The molecule has 1 aromatic carbocycles. The first-order valence-corrected chi connectivity index (χ1v) is 4.50. The van der Waals surface area contributed by atoms with Gasteiger partial charge in [-0.3, -0.25) is 0 Å². The van der Waals surface area contributed by atoms with Gasteiger partial charge in [0.1, 0.15) is 17.5 Å². The van der Waals surface area contributed by atoms with E-state index in [1.165, 1.54) is 12.1 Å². The fourth-order valence-electron chi connectivity index (χ4n) is 1.36. The van der Waals surface area contributed by atoms with Gasteiger partial charge < -0.3 is 11.1 Å². The van der Waals surface area contributed by atoms with Crippen LogP contribution in [0.5, 0.6) is 0 Å². The van der Waals surface area contributed by atoms with E-state index in [1.54, 1.807) is 29.9 Å². The highest BCUT2D eigenvalue weighted by atomic mass is 19.1. The molecular weight excluding hydrogens is 195 g/mol. The molecule has 0 fully saturated rings. The summed E-state index contributed by atoms with van der Waals surface area (Å²) in [6.07, 6.45) is 0. The fraction of sp³-hybridized carbons (Fsp3) is 0.100. The lowest BCUT2D eigenvalue weighted by Crippen LogP contribution is -2.02. The van der Waals surface area contributed by atoms with Crippen LogP contribution in [0.15, 0.2) is 30.3 Å². The molecular formula is C10H11FN4. The molecule has 78 valence electrons. The molecule has 0 aliphatic heterocycles. The minimum atomic E-state index is -0.273. The number of nitrogens with two attached hydrogens (primary N) is 1. The van der Waals surface area contributed by atoms with Crippen molar-refractivity contribution in [2.24, 2.45) is 0 Å². The van der Waals surface area contributed by atoms with Gasteiger partial charge in [-0.1, -0.05) is 0 Å². The van der Waals surface area contributed by atoms with E-state index in [0.717, 1.165) is 11.5 Å². The molecule has 3 N–H and O–H groups in total. The number of nitrogens with one attached hydrogen (secondary N) is 1. The molecule has 0 unspecified atom stereocenters. The number of hydrogen-bond acceptors (Lipinski definition) is 3. The minimum Gasteiger partial charge on any atom is -0.382 e. The SMILES string of the molecule is CNc1cc(N)nn1-c1ccc(F)cc1. The van der Waals surface area contributed by atoms with Crippen molar-refractivity contribution in [2.75, 3.05) is 18.1 Å². The molecule has 2 aromatic rings. The zero-order chi connectivity index (χ0) is 10.8. The normalized spacial score (nSPS) is 10.3. The van der Waals surface area contributed by atoms with Gasteiger partial charge in [-0.25, -0.2) is 9.07 Å². The van der Waals surface area contributed by atoms with E-state index in [9.17, 15) is 4.39 Å². The maximum atomic E-state index is 12.7. The number of nitrogen functional groups attached to an aromatic ring is 1. The summed E-state index contributed by atoms with van der Waals surface area (Å²) < 4.78 is 14.3. The summed E-state index contributed by atoms with van der Waals surface area (Å²) in [5.41, 5.74) is 6.34. The van der Waals surface area contributed by atoms with E-state index < -0.39 is 0 Å². The molecule has 0 aliphatic rings. The zero-order valence-electron chi connectivity index (χ0n) is 8.24. The van der Waals surface area contributed by atoms with Crippen LogP contribution >= 0.6 is 0 Å². The van der Waals surface area contributed by atoms with Crippen LogP contribution in [0.1, 0.15) is 0 Å². The van der Waals surface area contributed by atoms with Gasteiger partial charge in [0.15, 0.2) is 0 Å². The van der Waals surface area contributed by atoms with E-state index in [1.807, 2.05) is 0 Å². The van der Waals surface area contributed by atoms with Gasteiger partial charge in [0.2, 0.25) is 0 Å². The van der Waals surface area contributed by atoms with Crippen molar-refractivity contribution < 1.29 is 4.39 Å². The van der Waals surface area contributed by atoms with Crippen molar-refractivity contribution in [3.8, 4) is 5.69 Å². The highest BCUT2D eigenvalue weighted by molar-refractivity contribution is 5.51. The molecule has 0 saturated carbocycles. The number of halogens is 1. The molecule has 1 aromatic heterocycles. The Morgan fingerprint density at radius 3 is 2.60 bits per heavy atom. The minimum absolute atomic E-state index is 0.273. The number of nitrogens with zero attached hydrogens (tertiary/aromatic N) is 2. The summed E-state index contributed by atoms with van der Waals surface area (Å²) in [7, 11) is 1.77. The van der Waals surface area contributed by atoms with Crippen LogP contribution in [0.2, 0.25) is 0 Å². The van der Waals surface area contributed by atoms with Gasteiger partial charge in [-0.2, -0.15) is 0 Å². The van der Waals surface area contributed by atoms with Crippen LogP contribution in [0.25, 0.3) is 5.69 Å². The Morgan fingerprint density at radius 1 is 1.33 bits per heavy atom. The molecule has 0 saturated heterocycles. The Morgan fingerprint density at radius 2 is 2.00 bits per heavy atom. The first-order chi connectivity index (χ1) is 7.20. The van der Waals surface area contributed by atoms with Crippen LogP contribution in [0.4, 0.5) is 16.0 Å². The standard InChI is InChI=1S/C10H11FN4/c1-13-10-6-9(12)14-15(10)8-4-2-7(11)3-5-8/h2-6,13H,1H3,(H2,12,14). The number of rotatable bonds is 2. The molecule has 0 spiro atoms. The maximum absolute atomic E-state index is 12.7. The maximum Gasteiger partial charge on any atom is 0.148 e. The van der Waals surface area contributed by atoms with Gasteiger partial charge in [0, 0.05) is 13.1 Å². The zero-order valence-corrected chi connectivity index (χ0v) is 8.24. The third-order valence-corrected chi connectivity index (χ3v) is 2.06. The molecule has 5 heteroatoms. The van der Waals surface area contributed by atoms with Crippen LogP contribution in [0.3, 0.4) is 0 Å². The highest BCUT2D eigenvalue weighted by Crippen LogP contribution is 2.17. The fourth-order valence-corrected chi connectivity index (χ4v) is 1.36. The van der Waals surface area contributed by atoms with Gasteiger partial charge in [-0.15, -0.1) is 5.10 Å². The summed E-state index contributed by atoms with van der Waals surface area (Å²) >= 11 is 0. The molecule has 15 heavy (non-hydrogen) atoms. The van der Waals surface area contributed by atoms with E-state index in [2.05, 4.69) is 10.4 Å². The van der Waals surface area contributed by atoms with Gasteiger partial charge in [0.05, 0.1) is 5.69 Å². The van der Waals surface area contributed by atoms with Crippen LogP contribution in [0, 0.1) is 5.82 Å². The molecule has 2 rings (SSSR count). The average Bonchev–Trinajstić information content (AvgIpc) is 2.61. The molecule has 4 nitrogen and oxygen atoms in total. The summed E-state index contributed by atoms with van der Waals surface area (Å²) in [5, 5.41) is 7.05. The van der Waals surface area contributed by atoms with Crippen LogP contribution in [-0.2, 0) is 0 Å². The van der Waals surface area contributed by atoms with Gasteiger partial charge >= 0.3 is 0 Å². The number of hydrogen-bond donors (Lipinski definition) is 2. The molecule has 0 amide bonds. The quantitative estimate of drug-likeness (QED) is 0.785. The predicted molar refractivity (Wildman–Crippen MR) is 57.5 cm³/mol. The third-order valence-electron chi connectivity index (χ3n) is 2.06. The first kappa shape index (κ1) is 9.51. The van der Waals surface area contributed by atoms with E-state index in [-0.39, 0.29) is 5.82 Å². The van der Waals surface area contributed by atoms with Crippen molar-refractivity contribution in [3.63, 3.8) is 0 Å². The van der Waals surface area contributed by atoms with Crippen LogP contribution < -0.4 is 11.1 Å². The van der Waals surface area contributed by atoms with Crippen molar-refractivity contribution in [2.45, 2.75) is 0 Å². The lowest BCUT2D eigenvalue weighted by Gasteiger charge is -2.05. The van der Waals surface area contributed by atoms with Crippen molar-refractivity contribution in [1.82, 2.24) is 9.78 Å². The second-order valence-electron chi connectivity index (χ2n) is 3.09. The second kappa shape index (κ2) is 3.61. The highest BCUT2D eigenvalue weighted by Gasteiger charge is 2.05. The topological polar surface area (TPSA) is 55.9 Å². The summed E-state index contributed by atoms with van der Waals surface area (Å²) in [6.45, 7) is 0. The van der Waals surface area contributed by atoms with E-state index in [4.69, 9.17) is 5.73 Å². The monoisotopic (exact) mass is 206 g/mol. The molecule has 0 radical (unpaired) electrons. The number of aromatic nitrogens is 2. The second-order valence-corrected chi connectivity index (χ2v) is 3.09. The summed E-state index contributed by atoms with van der Waals surface area (Å²) in [4.78, 5) is 0. The smallest absolute Gasteiger partial charge is 0.148 e. The number of benzene rings is 1. The summed E-state index contributed by atoms with van der Waals surface area (Å²) in [5.74, 6) is 0.910. The van der Waals surface area contributed by atoms with Crippen molar-refractivity contribution >= 4 is 11.6 Å². The molecule has 0 atom stereocenters. The third kappa shape index (κ3) is 1.76. The number of anilines is 2. The van der Waals surface area contributed by atoms with Crippen LogP contribution in [-0.4, -0.2) is 16.8 Å². The molecule has 0 aliphatic carbocycles. The van der Waals surface area contributed by atoms with E-state index in [0.29, 0.717) is 5.82 Å². The first-order valence-electron chi connectivity index (χ1n) is 4.50.